The van der Waals surface area contributed by atoms with Crippen molar-refractivity contribution in [2.45, 2.75) is 13.8 Å². The molecule has 0 radical (unpaired) electrons. The third-order valence-corrected chi connectivity index (χ3v) is 3.01. The van der Waals surface area contributed by atoms with Crippen molar-refractivity contribution in [2.75, 3.05) is 6.61 Å². The Morgan fingerprint density at radius 3 is 2.90 bits per heavy atom. The molecule has 0 saturated heterocycles. The van der Waals surface area contributed by atoms with Crippen molar-refractivity contribution in [3.05, 3.63) is 52.6 Å². The van der Waals surface area contributed by atoms with Gasteiger partial charge in [-0.3, -0.25) is 0 Å². The minimum absolute atomic E-state index is 0.377. The molecular weight excluding hydrogens is 256 g/mol. The van der Waals surface area contributed by atoms with Crippen molar-refractivity contribution in [2.24, 2.45) is 0 Å². The van der Waals surface area contributed by atoms with E-state index in [-0.39, 0.29) is 5.63 Å². The third kappa shape index (κ3) is 2.20. The Bertz CT molecular complexity index is 848. The van der Waals surface area contributed by atoms with Crippen LogP contribution >= 0.6 is 0 Å². The van der Waals surface area contributed by atoms with Crippen LogP contribution < -0.4 is 10.4 Å². The van der Waals surface area contributed by atoms with Crippen LogP contribution in [0.3, 0.4) is 0 Å². The van der Waals surface area contributed by atoms with Gasteiger partial charge in [0.1, 0.15) is 12.2 Å². The van der Waals surface area contributed by atoms with E-state index in [4.69, 9.17) is 13.6 Å². The molecule has 4 heteroatoms. The Labute approximate surface area is 115 Å². The molecule has 0 N–H and O–H groups in total. The van der Waals surface area contributed by atoms with Crippen LogP contribution in [-0.2, 0) is 0 Å². The summed E-state index contributed by atoms with van der Waals surface area (Å²) < 4.78 is 16.4. The van der Waals surface area contributed by atoms with Crippen LogP contribution in [0, 0.1) is 0 Å². The Morgan fingerprint density at radius 1 is 1.25 bits per heavy atom. The van der Waals surface area contributed by atoms with E-state index in [0.29, 0.717) is 23.5 Å². The van der Waals surface area contributed by atoms with Crippen molar-refractivity contribution in [3.8, 4) is 5.75 Å². The van der Waals surface area contributed by atoms with E-state index in [1.165, 1.54) is 11.6 Å². The molecule has 3 rings (SSSR count). The number of fused-ring (bicyclic) bond motifs is 3. The number of benzene rings is 1. The van der Waals surface area contributed by atoms with Crippen LogP contribution in [0.5, 0.6) is 5.75 Å². The minimum Gasteiger partial charge on any atom is -0.486 e. The molecule has 20 heavy (non-hydrogen) atoms. The van der Waals surface area contributed by atoms with Crippen LogP contribution in [-0.4, -0.2) is 6.61 Å². The molecule has 0 spiro atoms. The van der Waals surface area contributed by atoms with Crippen molar-refractivity contribution in [1.82, 2.24) is 0 Å². The van der Waals surface area contributed by atoms with E-state index >= 15 is 0 Å². The van der Waals surface area contributed by atoms with Gasteiger partial charge in [-0.05, 0) is 38.1 Å². The maximum Gasteiger partial charge on any atom is 0.336 e. The van der Waals surface area contributed by atoms with Gasteiger partial charge in [-0.15, -0.1) is 0 Å². The second-order valence-corrected chi connectivity index (χ2v) is 4.80. The molecule has 0 unspecified atom stereocenters. The smallest absolute Gasteiger partial charge is 0.336 e. The van der Waals surface area contributed by atoms with E-state index in [9.17, 15) is 4.79 Å². The van der Waals surface area contributed by atoms with Crippen LogP contribution in [0.15, 0.2) is 55.8 Å². The van der Waals surface area contributed by atoms with Gasteiger partial charge < -0.3 is 13.6 Å². The van der Waals surface area contributed by atoms with Crippen molar-refractivity contribution in [1.29, 1.82) is 0 Å². The Morgan fingerprint density at radius 2 is 2.10 bits per heavy atom. The molecule has 4 nitrogen and oxygen atoms in total. The van der Waals surface area contributed by atoms with Gasteiger partial charge in [0.25, 0.3) is 0 Å². The molecule has 0 fully saturated rings. The fraction of sp³-hybridized carbons (Fsp3) is 0.188. The van der Waals surface area contributed by atoms with Crippen LogP contribution in [0.4, 0.5) is 0 Å². The zero-order valence-electron chi connectivity index (χ0n) is 11.3. The SMILES string of the molecule is CC(C)=CCOc1cc2ccc(=O)oc2c2ccoc12. The van der Waals surface area contributed by atoms with E-state index in [1.807, 2.05) is 26.0 Å². The normalized spacial score (nSPS) is 10.9. The maximum atomic E-state index is 11.3. The molecule has 0 bridgehead atoms. The predicted molar refractivity (Wildman–Crippen MR) is 77.2 cm³/mol. The Hall–Kier alpha value is -2.49. The van der Waals surface area contributed by atoms with Crippen LogP contribution in [0.1, 0.15) is 13.8 Å². The lowest BCUT2D eigenvalue weighted by Gasteiger charge is -2.06. The average molecular weight is 270 g/mol. The molecule has 0 amide bonds. The summed E-state index contributed by atoms with van der Waals surface area (Å²) in [5.41, 5.74) is 1.93. The zero-order chi connectivity index (χ0) is 14.1. The summed E-state index contributed by atoms with van der Waals surface area (Å²) in [5.74, 6) is 0.642. The lowest BCUT2D eigenvalue weighted by Crippen LogP contribution is -1.97. The first-order chi connectivity index (χ1) is 9.65. The topological polar surface area (TPSA) is 52.6 Å². The molecule has 0 aliphatic rings. The highest BCUT2D eigenvalue weighted by Crippen LogP contribution is 2.33. The van der Waals surface area contributed by atoms with E-state index in [1.54, 1.807) is 18.4 Å². The Kier molecular flexibility index (Phi) is 3.06. The number of furan rings is 1. The molecule has 0 atom stereocenters. The van der Waals surface area contributed by atoms with Gasteiger partial charge in [0.05, 0.1) is 11.6 Å². The lowest BCUT2D eigenvalue weighted by atomic mass is 10.1. The summed E-state index contributed by atoms with van der Waals surface area (Å²) in [4.78, 5) is 11.3. The van der Waals surface area contributed by atoms with Gasteiger partial charge in [-0.1, -0.05) is 5.57 Å². The quantitative estimate of drug-likeness (QED) is 0.535. The fourth-order valence-corrected chi connectivity index (χ4v) is 2.04. The molecule has 0 saturated carbocycles. The molecule has 1 aromatic carbocycles. The number of hydrogen-bond donors (Lipinski definition) is 0. The predicted octanol–water partition coefficient (Wildman–Crippen LogP) is 3.88. The highest BCUT2D eigenvalue weighted by Gasteiger charge is 2.12. The van der Waals surface area contributed by atoms with E-state index in [2.05, 4.69) is 0 Å². The summed E-state index contributed by atoms with van der Waals surface area (Å²) in [7, 11) is 0. The van der Waals surface area contributed by atoms with Gasteiger partial charge in [-0.25, -0.2) is 4.79 Å². The highest BCUT2D eigenvalue weighted by atomic mass is 16.5. The number of allylic oxidation sites excluding steroid dienone is 1. The Balaban J connectivity index is 2.16. The second kappa shape index (κ2) is 4.89. The fourth-order valence-electron chi connectivity index (χ4n) is 2.04. The van der Waals surface area contributed by atoms with E-state index < -0.39 is 0 Å². The minimum atomic E-state index is -0.377. The first-order valence-corrected chi connectivity index (χ1v) is 6.35. The first-order valence-electron chi connectivity index (χ1n) is 6.35. The molecule has 0 aliphatic carbocycles. The maximum absolute atomic E-state index is 11.3. The molecule has 3 aromatic rings. The number of hydrogen-bond acceptors (Lipinski definition) is 4. The molecule has 102 valence electrons. The summed E-state index contributed by atoms with van der Waals surface area (Å²) in [6.45, 7) is 4.50. The molecular formula is C16H14O4. The van der Waals surface area contributed by atoms with Crippen molar-refractivity contribution in [3.63, 3.8) is 0 Å². The van der Waals surface area contributed by atoms with Gasteiger partial charge in [0.15, 0.2) is 11.3 Å². The van der Waals surface area contributed by atoms with Crippen molar-refractivity contribution < 1.29 is 13.6 Å². The van der Waals surface area contributed by atoms with E-state index in [0.717, 1.165) is 10.8 Å². The van der Waals surface area contributed by atoms with Gasteiger partial charge in [-0.2, -0.15) is 0 Å². The van der Waals surface area contributed by atoms with Gasteiger partial charge in [0.2, 0.25) is 0 Å². The zero-order valence-corrected chi connectivity index (χ0v) is 11.3. The first kappa shape index (κ1) is 12.5. The number of ether oxygens (including phenoxy) is 1. The summed E-state index contributed by atoms with van der Waals surface area (Å²) in [6, 6.07) is 6.72. The summed E-state index contributed by atoms with van der Waals surface area (Å²) >= 11 is 0. The molecule has 2 heterocycles. The summed E-state index contributed by atoms with van der Waals surface area (Å²) in [5, 5.41) is 1.55. The van der Waals surface area contributed by atoms with Crippen molar-refractivity contribution >= 4 is 21.9 Å². The molecule has 2 aromatic heterocycles. The average Bonchev–Trinajstić information content (AvgIpc) is 2.88. The summed E-state index contributed by atoms with van der Waals surface area (Å²) in [6.07, 6.45) is 3.55. The highest BCUT2D eigenvalue weighted by molar-refractivity contribution is 6.04. The second-order valence-electron chi connectivity index (χ2n) is 4.80. The molecule has 0 aliphatic heterocycles. The van der Waals surface area contributed by atoms with Gasteiger partial charge >= 0.3 is 5.63 Å². The standard InChI is InChI=1S/C16H14O4/c1-10(2)5-7-18-13-9-11-3-4-14(17)20-15(11)12-6-8-19-16(12)13/h3-6,8-9H,7H2,1-2H3. The largest absolute Gasteiger partial charge is 0.486 e. The monoisotopic (exact) mass is 270 g/mol. The number of rotatable bonds is 3. The lowest BCUT2D eigenvalue weighted by molar-refractivity contribution is 0.360. The third-order valence-electron chi connectivity index (χ3n) is 3.01. The van der Waals surface area contributed by atoms with Gasteiger partial charge in [0, 0.05) is 11.5 Å². The van der Waals surface area contributed by atoms with Crippen LogP contribution in [0.25, 0.3) is 21.9 Å². The van der Waals surface area contributed by atoms with Crippen LogP contribution in [0.2, 0.25) is 0 Å².